The van der Waals surface area contributed by atoms with Gasteiger partial charge in [-0.25, -0.2) is 4.79 Å². The average molecular weight is 303 g/mol. The molecule has 1 aromatic heterocycles. The molecule has 116 valence electrons. The number of nitrogen functional groups attached to an aromatic ring is 1. The van der Waals surface area contributed by atoms with Crippen molar-refractivity contribution in [2.75, 3.05) is 18.9 Å². The largest absolute Gasteiger partial charge is 0.452 e. The van der Waals surface area contributed by atoms with E-state index in [1.807, 2.05) is 30.3 Å². The van der Waals surface area contributed by atoms with Crippen LogP contribution in [0.3, 0.4) is 0 Å². The van der Waals surface area contributed by atoms with Crippen molar-refractivity contribution < 1.29 is 18.8 Å². The number of hydrogen-bond acceptors (Lipinski definition) is 6. The molecule has 1 heterocycles. The van der Waals surface area contributed by atoms with Gasteiger partial charge >= 0.3 is 5.97 Å². The summed E-state index contributed by atoms with van der Waals surface area (Å²) in [5, 5.41) is 6.22. The van der Waals surface area contributed by atoms with Crippen LogP contribution in [-0.4, -0.2) is 30.2 Å². The number of carbonyl (C=O) groups excluding carboxylic acids is 2. The lowest BCUT2D eigenvalue weighted by molar-refractivity contribution is -0.124. The summed E-state index contributed by atoms with van der Waals surface area (Å²) in [5.41, 5.74) is 6.96. The van der Waals surface area contributed by atoms with Gasteiger partial charge < -0.3 is 20.3 Å². The van der Waals surface area contributed by atoms with Gasteiger partial charge in [0.15, 0.2) is 6.61 Å². The van der Waals surface area contributed by atoms with E-state index in [0.717, 1.165) is 5.56 Å². The van der Waals surface area contributed by atoms with Crippen LogP contribution < -0.4 is 11.1 Å². The van der Waals surface area contributed by atoms with Crippen LogP contribution >= 0.6 is 0 Å². The molecule has 0 fully saturated rings. The molecule has 0 saturated carbocycles. The number of anilines is 1. The quantitative estimate of drug-likeness (QED) is 0.773. The lowest BCUT2D eigenvalue weighted by Gasteiger charge is -2.06. The molecule has 0 radical (unpaired) electrons. The third kappa shape index (κ3) is 4.08. The Morgan fingerprint density at radius 2 is 2.05 bits per heavy atom. The van der Waals surface area contributed by atoms with E-state index in [4.69, 9.17) is 10.5 Å². The van der Waals surface area contributed by atoms with Crippen LogP contribution in [-0.2, 0) is 16.0 Å². The monoisotopic (exact) mass is 303 g/mol. The predicted molar refractivity (Wildman–Crippen MR) is 79.1 cm³/mol. The molecule has 0 aliphatic rings. The van der Waals surface area contributed by atoms with Crippen LogP contribution in [0.15, 0.2) is 34.9 Å². The van der Waals surface area contributed by atoms with Crippen molar-refractivity contribution in [3.63, 3.8) is 0 Å². The van der Waals surface area contributed by atoms with Crippen LogP contribution in [0, 0.1) is 6.92 Å². The van der Waals surface area contributed by atoms with Gasteiger partial charge in [-0.05, 0) is 18.9 Å². The number of rotatable bonds is 6. The number of aromatic nitrogens is 1. The molecule has 0 atom stereocenters. The number of nitrogens with two attached hydrogens (primary N) is 1. The maximum atomic E-state index is 11.8. The van der Waals surface area contributed by atoms with Gasteiger partial charge in [0.2, 0.25) is 5.88 Å². The third-order valence-corrected chi connectivity index (χ3v) is 3.01. The fraction of sp³-hybridized carbons (Fsp3) is 0.267. The van der Waals surface area contributed by atoms with Gasteiger partial charge in [-0.3, -0.25) is 4.79 Å². The van der Waals surface area contributed by atoms with Crippen molar-refractivity contribution in [1.82, 2.24) is 10.5 Å². The lowest BCUT2D eigenvalue weighted by atomic mass is 10.1. The minimum atomic E-state index is -0.727. The Morgan fingerprint density at radius 1 is 1.32 bits per heavy atom. The van der Waals surface area contributed by atoms with Crippen molar-refractivity contribution in [3.8, 4) is 0 Å². The topological polar surface area (TPSA) is 107 Å². The molecule has 0 bridgehead atoms. The lowest BCUT2D eigenvalue weighted by Crippen LogP contribution is -2.30. The Kier molecular flexibility index (Phi) is 5.13. The SMILES string of the molecule is Cc1noc(N)c1C(=O)OCC(=O)NCCc1ccccc1. The number of amides is 1. The molecule has 0 aliphatic carbocycles. The molecule has 0 unspecified atom stereocenters. The summed E-state index contributed by atoms with van der Waals surface area (Å²) in [7, 11) is 0. The Labute approximate surface area is 127 Å². The van der Waals surface area contributed by atoms with Crippen molar-refractivity contribution >= 4 is 17.8 Å². The van der Waals surface area contributed by atoms with E-state index >= 15 is 0 Å². The minimum absolute atomic E-state index is 0.0529. The van der Waals surface area contributed by atoms with Gasteiger partial charge in [-0.15, -0.1) is 0 Å². The Hall–Kier alpha value is -2.83. The second kappa shape index (κ2) is 7.26. The van der Waals surface area contributed by atoms with Crippen molar-refractivity contribution in [3.05, 3.63) is 47.2 Å². The first-order valence-corrected chi connectivity index (χ1v) is 6.77. The Bertz CT molecular complexity index is 633. The maximum absolute atomic E-state index is 11.8. The number of nitrogens with one attached hydrogen (secondary N) is 1. The molecule has 22 heavy (non-hydrogen) atoms. The summed E-state index contributed by atoms with van der Waals surface area (Å²) in [6.07, 6.45) is 0.707. The molecule has 3 N–H and O–H groups in total. The summed E-state index contributed by atoms with van der Waals surface area (Å²) in [6, 6.07) is 9.75. The molecule has 0 spiro atoms. The predicted octanol–water partition coefficient (Wildman–Crippen LogP) is 1.08. The van der Waals surface area contributed by atoms with Crippen LogP contribution in [0.2, 0.25) is 0 Å². The molecule has 1 aromatic carbocycles. The smallest absolute Gasteiger partial charge is 0.346 e. The van der Waals surface area contributed by atoms with E-state index in [-0.39, 0.29) is 24.0 Å². The van der Waals surface area contributed by atoms with Gasteiger partial charge in [-0.1, -0.05) is 35.5 Å². The maximum Gasteiger partial charge on any atom is 0.346 e. The zero-order valence-electron chi connectivity index (χ0n) is 12.2. The van der Waals surface area contributed by atoms with E-state index in [0.29, 0.717) is 18.7 Å². The molecule has 7 nitrogen and oxygen atoms in total. The first kappa shape index (κ1) is 15.6. The number of benzene rings is 1. The highest BCUT2D eigenvalue weighted by Gasteiger charge is 2.20. The number of ether oxygens (including phenoxy) is 1. The Morgan fingerprint density at radius 3 is 2.68 bits per heavy atom. The zero-order valence-corrected chi connectivity index (χ0v) is 12.2. The fourth-order valence-electron chi connectivity index (χ4n) is 1.88. The number of hydrogen-bond donors (Lipinski definition) is 2. The van der Waals surface area contributed by atoms with Crippen molar-refractivity contribution in [2.45, 2.75) is 13.3 Å². The van der Waals surface area contributed by atoms with Crippen molar-refractivity contribution in [1.29, 1.82) is 0 Å². The molecular formula is C15H17N3O4. The zero-order chi connectivity index (χ0) is 15.9. The highest BCUT2D eigenvalue weighted by atomic mass is 16.5. The number of nitrogens with zero attached hydrogens (tertiary/aromatic N) is 1. The molecule has 1 amide bonds. The summed E-state index contributed by atoms with van der Waals surface area (Å²) >= 11 is 0. The number of esters is 1. The van der Waals surface area contributed by atoms with Gasteiger partial charge in [0.25, 0.3) is 5.91 Å². The second-order valence-corrected chi connectivity index (χ2v) is 4.67. The number of carbonyl (C=O) groups is 2. The van der Waals surface area contributed by atoms with Crippen LogP contribution in [0.5, 0.6) is 0 Å². The van der Waals surface area contributed by atoms with Crippen LogP contribution in [0.25, 0.3) is 0 Å². The van der Waals surface area contributed by atoms with Crippen LogP contribution in [0.4, 0.5) is 5.88 Å². The van der Waals surface area contributed by atoms with E-state index < -0.39 is 5.97 Å². The van der Waals surface area contributed by atoms with Crippen molar-refractivity contribution in [2.24, 2.45) is 0 Å². The normalized spacial score (nSPS) is 10.2. The van der Waals surface area contributed by atoms with E-state index in [9.17, 15) is 9.59 Å². The molecule has 2 aromatic rings. The first-order chi connectivity index (χ1) is 10.6. The minimum Gasteiger partial charge on any atom is -0.452 e. The van der Waals surface area contributed by atoms with E-state index in [1.165, 1.54) is 0 Å². The molecular weight excluding hydrogens is 286 g/mol. The standard InChI is InChI=1S/C15H17N3O4/c1-10-13(14(16)22-18-10)15(20)21-9-12(19)17-8-7-11-5-3-2-4-6-11/h2-6H,7-9,16H2,1H3,(H,17,19). The average Bonchev–Trinajstić information content (AvgIpc) is 2.85. The summed E-state index contributed by atoms with van der Waals surface area (Å²) in [5.74, 6) is -1.22. The van der Waals surface area contributed by atoms with Gasteiger partial charge in [-0.2, -0.15) is 0 Å². The Balaban J connectivity index is 1.73. The van der Waals surface area contributed by atoms with Gasteiger partial charge in [0.1, 0.15) is 5.56 Å². The summed E-state index contributed by atoms with van der Waals surface area (Å²) in [4.78, 5) is 23.4. The third-order valence-electron chi connectivity index (χ3n) is 3.01. The molecule has 7 heteroatoms. The van der Waals surface area contributed by atoms with Gasteiger partial charge in [0, 0.05) is 6.54 Å². The van der Waals surface area contributed by atoms with E-state index in [2.05, 4.69) is 15.0 Å². The highest BCUT2D eigenvalue weighted by Crippen LogP contribution is 2.16. The first-order valence-electron chi connectivity index (χ1n) is 6.77. The summed E-state index contributed by atoms with van der Waals surface area (Å²) < 4.78 is 9.55. The molecule has 2 rings (SSSR count). The summed E-state index contributed by atoms with van der Waals surface area (Å²) in [6.45, 7) is 1.66. The van der Waals surface area contributed by atoms with Crippen LogP contribution in [0.1, 0.15) is 21.6 Å². The van der Waals surface area contributed by atoms with E-state index in [1.54, 1.807) is 6.92 Å². The second-order valence-electron chi connectivity index (χ2n) is 4.67. The molecule has 0 saturated heterocycles. The fourth-order valence-corrected chi connectivity index (χ4v) is 1.88. The number of aryl methyl sites for hydroxylation is 1. The highest BCUT2D eigenvalue weighted by molar-refractivity contribution is 5.96. The van der Waals surface area contributed by atoms with Gasteiger partial charge in [0.05, 0.1) is 5.69 Å². The molecule has 0 aliphatic heterocycles.